The van der Waals surface area contributed by atoms with Gasteiger partial charge in [0.25, 0.3) is 0 Å². The van der Waals surface area contributed by atoms with E-state index in [4.69, 9.17) is 4.74 Å². The Morgan fingerprint density at radius 2 is 1.86 bits per heavy atom. The number of likely N-dealkylation sites (N-methyl/N-ethyl adjacent to an activating group) is 1. The van der Waals surface area contributed by atoms with Gasteiger partial charge in [-0.3, -0.25) is 5.10 Å². The van der Waals surface area contributed by atoms with Gasteiger partial charge in [0, 0.05) is 36.0 Å². The lowest BCUT2D eigenvalue weighted by molar-refractivity contribution is 0.222. The Morgan fingerprint density at radius 1 is 1.09 bits per heavy atom. The molecule has 0 amide bonds. The molecule has 0 aliphatic rings. The number of hydrogen-bond donors (Lipinski definition) is 3. The first-order chi connectivity index (χ1) is 16.9. The van der Waals surface area contributed by atoms with E-state index in [1.54, 1.807) is 18.3 Å². The second-order valence-corrected chi connectivity index (χ2v) is 8.65. The molecule has 0 saturated heterocycles. The number of benzene rings is 1. The number of H-pyrrole nitrogens is 1. The van der Waals surface area contributed by atoms with Gasteiger partial charge in [-0.05, 0) is 44.1 Å². The molecule has 3 rings (SSSR count). The number of nitriles is 1. The summed E-state index contributed by atoms with van der Waals surface area (Å²) in [4.78, 5) is 11.2. The van der Waals surface area contributed by atoms with Gasteiger partial charge < -0.3 is 20.3 Å². The summed E-state index contributed by atoms with van der Waals surface area (Å²) >= 11 is 0. The molecule has 0 spiro atoms. The Bertz CT molecular complexity index is 1130. The molecule has 35 heavy (non-hydrogen) atoms. The van der Waals surface area contributed by atoms with E-state index in [-0.39, 0.29) is 5.41 Å². The Hall–Kier alpha value is -3.64. The van der Waals surface area contributed by atoms with Crippen LogP contribution in [0.25, 0.3) is 0 Å². The minimum atomic E-state index is 0.0373. The van der Waals surface area contributed by atoms with Gasteiger partial charge >= 0.3 is 0 Å². The van der Waals surface area contributed by atoms with Gasteiger partial charge in [-0.25, -0.2) is 4.98 Å². The fourth-order valence-electron chi connectivity index (χ4n) is 3.70. The molecule has 0 fully saturated rings. The molecular weight excluding hydrogens is 440 g/mol. The molecule has 9 nitrogen and oxygen atoms in total. The molecule has 186 valence electrons. The average molecular weight is 477 g/mol. The minimum absolute atomic E-state index is 0.0373. The molecule has 0 atom stereocenters. The Morgan fingerprint density at radius 3 is 2.54 bits per heavy atom. The molecule has 0 bridgehead atoms. The van der Waals surface area contributed by atoms with Gasteiger partial charge in [-0.1, -0.05) is 34.6 Å². The third-order valence-corrected chi connectivity index (χ3v) is 6.59. The van der Waals surface area contributed by atoms with Gasteiger partial charge in [0.1, 0.15) is 30.1 Å². The summed E-state index contributed by atoms with van der Waals surface area (Å²) in [6.45, 7) is 14.1. The largest absolute Gasteiger partial charge is 0.491 e. The van der Waals surface area contributed by atoms with Gasteiger partial charge in [0.2, 0.25) is 5.95 Å². The van der Waals surface area contributed by atoms with Crippen molar-refractivity contribution in [2.75, 3.05) is 36.9 Å². The second-order valence-electron chi connectivity index (χ2n) is 8.65. The summed E-state index contributed by atoms with van der Waals surface area (Å²) in [5, 5.41) is 23.5. The van der Waals surface area contributed by atoms with Crippen LogP contribution >= 0.6 is 0 Å². The van der Waals surface area contributed by atoms with Gasteiger partial charge in [-0.15, -0.1) is 0 Å². The third kappa shape index (κ3) is 6.70. The van der Waals surface area contributed by atoms with E-state index in [9.17, 15) is 5.26 Å². The van der Waals surface area contributed by atoms with Crippen LogP contribution in [0.5, 0.6) is 5.75 Å². The van der Waals surface area contributed by atoms with E-state index in [2.05, 4.69) is 76.4 Å². The first-order valence-corrected chi connectivity index (χ1v) is 12.3. The highest BCUT2D eigenvalue weighted by molar-refractivity contribution is 5.61. The molecule has 0 aliphatic heterocycles. The monoisotopic (exact) mass is 476 g/mol. The first-order valence-electron chi connectivity index (χ1n) is 12.3. The number of aromatic amines is 1. The number of aromatic nitrogens is 4. The zero-order chi connectivity index (χ0) is 25.3. The predicted molar refractivity (Wildman–Crippen MR) is 140 cm³/mol. The Kier molecular flexibility index (Phi) is 9.04. The van der Waals surface area contributed by atoms with Gasteiger partial charge in [0.15, 0.2) is 0 Å². The van der Waals surface area contributed by atoms with Crippen LogP contribution in [-0.4, -0.2) is 51.3 Å². The van der Waals surface area contributed by atoms with E-state index in [1.807, 2.05) is 18.2 Å². The van der Waals surface area contributed by atoms with Crippen molar-refractivity contribution in [3.63, 3.8) is 0 Å². The zero-order valence-electron chi connectivity index (χ0n) is 21.4. The normalized spacial score (nSPS) is 11.3. The van der Waals surface area contributed by atoms with Crippen molar-refractivity contribution in [1.29, 1.82) is 5.26 Å². The standard InChI is InChI=1S/C26H36N8O/c1-6-26(5,7-2)22-17-24(33-32-22)30-23-12-13-28-25(31-23)29-20-11-10-19(18-27)21(16-20)35-15-14-34(8-3)9-4/h10-13,16-17H,6-9,14-15H2,1-5H3,(H3,28,29,30,31,32,33). The quantitative estimate of drug-likeness (QED) is 0.302. The van der Waals surface area contributed by atoms with Gasteiger partial charge in [0.05, 0.1) is 11.3 Å². The molecule has 2 heterocycles. The Balaban J connectivity index is 1.69. The highest BCUT2D eigenvalue weighted by Gasteiger charge is 2.25. The van der Waals surface area contributed by atoms with Crippen molar-refractivity contribution in [2.24, 2.45) is 0 Å². The van der Waals surface area contributed by atoms with Crippen LogP contribution in [-0.2, 0) is 5.41 Å². The van der Waals surface area contributed by atoms with E-state index < -0.39 is 0 Å². The van der Waals surface area contributed by atoms with Crippen LogP contribution in [0.2, 0.25) is 0 Å². The predicted octanol–water partition coefficient (Wildman–Crippen LogP) is 5.36. The lowest BCUT2D eigenvalue weighted by Crippen LogP contribution is -2.28. The molecule has 3 N–H and O–H groups in total. The summed E-state index contributed by atoms with van der Waals surface area (Å²) in [6, 6.07) is 11.4. The van der Waals surface area contributed by atoms with E-state index in [0.717, 1.165) is 49.7 Å². The lowest BCUT2D eigenvalue weighted by atomic mass is 9.81. The molecule has 0 saturated carbocycles. The Labute approximate surface area is 207 Å². The van der Waals surface area contributed by atoms with E-state index in [1.165, 1.54) is 0 Å². The molecule has 2 aromatic heterocycles. The summed E-state index contributed by atoms with van der Waals surface area (Å²) in [6.07, 6.45) is 3.71. The molecule has 1 aromatic carbocycles. The summed E-state index contributed by atoms with van der Waals surface area (Å²) in [7, 11) is 0. The van der Waals surface area contributed by atoms with Crippen molar-refractivity contribution in [2.45, 2.75) is 52.9 Å². The summed E-state index contributed by atoms with van der Waals surface area (Å²) < 4.78 is 5.92. The van der Waals surface area contributed by atoms with E-state index in [0.29, 0.717) is 29.7 Å². The van der Waals surface area contributed by atoms with Crippen molar-refractivity contribution in [3.05, 3.63) is 47.8 Å². The highest BCUT2D eigenvalue weighted by Crippen LogP contribution is 2.31. The molecule has 3 aromatic rings. The summed E-state index contributed by atoms with van der Waals surface area (Å²) in [5.41, 5.74) is 2.30. The summed E-state index contributed by atoms with van der Waals surface area (Å²) in [5.74, 6) is 2.39. The number of nitrogens with zero attached hydrogens (tertiary/aromatic N) is 5. The topological polar surface area (TPSA) is 115 Å². The number of anilines is 4. The van der Waals surface area contributed by atoms with E-state index >= 15 is 0 Å². The molecular formula is C26H36N8O. The smallest absolute Gasteiger partial charge is 0.229 e. The van der Waals surface area contributed by atoms with Crippen LogP contribution in [0.3, 0.4) is 0 Å². The fraction of sp³-hybridized carbons (Fsp3) is 0.462. The third-order valence-electron chi connectivity index (χ3n) is 6.59. The van der Waals surface area contributed by atoms with Crippen molar-refractivity contribution < 1.29 is 4.74 Å². The molecule has 0 radical (unpaired) electrons. The number of ether oxygens (including phenoxy) is 1. The fourth-order valence-corrected chi connectivity index (χ4v) is 3.70. The zero-order valence-corrected chi connectivity index (χ0v) is 21.4. The minimum Gasteiger partial charge on any atom is -0.491 e. The molecule has 9 heteroatoms. The van der Waals surface area contributed by atoms with Crippen LogP contribution in [0.1, 0.15) is 58.7 Å². The van der Waals surface area contributed by atoms with Crippen molar-refractivity contribution in [3.8, 4) is 11.8 Å². The molecule has 0 aliphatic carbocycles. The average Bonchev–Trinajstić information content (AvgIpc) is 3.35. The highest BCUT2D eigenvalue weighted by atomic mass is 16.5. The van der Waals surface area contributed by atoms with Crippen LogP contribution in [0.4, 0.5) is 23.3 Å². The maximum absolute atomic E-state index is 9.46. The molecule has 0 unspecified atom stereocenters. The van der Waals surface area contributed by atoms with Gasteiger partial charge in [-0.2, -0.15) is 15.3 Å². The number of nitrogens with one attached hydrogen (secondary N) is 3. The van der Waals surface area contributed by atoms with Crippen LogP contribution in [0, 0.1) is 11.3 Å². The maximum Gasteiger partial charge on any atom is 0.229 e. The number of rotatable bonds is 13. The maximum atomic E-state index is 9.46. The van der Waals surface area contributed by atoms with Crippen LogP contribution < -0.4 is 15.4 Å². The number of hydrogen-bond acceptors (Lipinski definition) is 8. The second kappa shape index (κ2) is 12.2. The first kappa shape index (κ1) is 26.0. The van der Waals surface area contributed by atoms with Crippen LogP contribution in [0.15, 0.2) is 36.5 Å². The van der Waals surface area contributed by atoms with Crippen molar-refractivity contribution >= 4 is 23.3 Å². The SMILES string of the molecule is CCN(CC)CCOc1cc(Nc2nccc(Nc3cc(C(C)(CC)CC)n[nH]3)n2)ccc1C#N. The lowest BCUT2D eigenvalue weighted by Gasteiger charge is -2.23. The van der Waals surface area contributed by atoms with Crippen molar-refractivity contribution in [1.82, 2.24) is 25.1 Å².